The number of carbonyl (C=O) groups excluding carboxylic acids is 1. The number of nitrogens with one attached hydrogen (secondary N) is 1. The summed E-state index contributed by atoms with van der Waals surface area (Å²) >= 11 is 0. The maximum Gasteiger partial charge on any atom is 0.411 e. The van der Waals surface area contributed by atoms with E-state index >= 15 is 0 Å². The molecule has 4 heteroatoms. The second kappa shape index (κ2) is 5.19. The number of carbonyl (C=O) groups is 1. The highest BCUT2D eigenvalue weighted by molar-refractivity contribution is 5.84. The Morgan fingerprint density at radius 3 is 2.65 bits per heavy atom. The van der Waals surface area contributed by atoms with E-state index in [4.69, 9.17) is 10.5 Å². The molecule has 0 aromatic heterocycles. The Bertz CT molecular complexity index is 389. The van der Waals surface area contributed by atoms with Gasteiger partial charge in [-0.25, -0.2) is 4.79 Å². The molecule has 0 spiro atoms. The molecule has 0 aliphatic heterocycles. The van der Waals surface area contributed by atoms with Crippen LogP contribution in [0.5, 0.6) is 0 Å². The number of anilines is 1. The van der Waals surface area contributed by atoms with Crippen molar-refractivity contribution >= 4 is 11.8 Å². The first-order valence-corrected chi connectivity index (χ1v) is 5.95. The summed E-state index contributed by atoms with van der Waals surface area (Å²) in [5.41, 5.74) is 7.73. The number of aryl methyl sites for hydroxylation is 1. The average molecular weight is 234 g/mol. The molecule has 1 aromatic carbocycles. The van der Waals surface area contributed by atoms with Crippen LogP contribution in [-0.2, 0) is 4.74 Å². The molecule has 3 N–H and O–H groups in total. The highest BCUT2D eigenvalue weighted by Gasteiger charge is 2.27. The van der Waals surface area contributed by atoms with Gasteiger partial charge in [-0.3, -0.25) is 5.32 Å². The van der Waals surface area contributed by atoms with E-state index in [1.165, 1.54) is 0 Å². The van der Waals surface area contributed by atoms with Crippen LogP contribution in [0.25, 0.3) is 0 Å². The molecule has 1 fully saturated rings. The molecule has 2 atom stereocenters. The minimum Gasteiger partial charge on any atom is -0.444 e. The van der Waals surface area contributed by atoms with Gasteiger partial charge in [0.25, 0.3) is 0 Å². The number of rotatable bonds is 2. The van der Waals surface area contributed by atoms with Crippen LogP contribution in [0.15, 0.2) is 24.3 Å². The van der Waals surface area contributed by atoms with Crippen LogP contribution in [0.1, 0.15) is 24.8 Å². The minimum atomic E-state index is -0.420. The average Bonchev–Trinajstić information content (AvgIpc) is 2.68. The van der Waals surface area contributed by atoms with Crippen molar-refractivity contribution in [3.05, 3.63) is 29.8 Å². The van der Waals surface area contributed by atoms with Gasteiger partial charge in [-0.05, 0) is 38.3 Å². The highest BCUT2D eigenvalue weighted by atomic mass is 16.6. The third-order valence-corrected chi connectivity index (χ3v) is 3.06. The highest BCUT2D eigenvalue weighted by Crippen LogP contribution is 2.21. The summed E-state index contributed by atoms with van der Waals surface area (Å²) in [5.74, 6) is 0. The van der Waals surface area contributed by atoms with Crippen molar-refractivity contribution in [2.24, 2.45) is 5.73 Å². The molecule has 1 saturated carbocycles. The van der Waals surface area contributed by atoms with E-state index < -0.39 is 6.09 Å². The normalized spacial score (nSPS) is 23.4. The van der Waals surface area contributed by atoms with Crippen molar-refractivity contribution in [1.29, 1.82) is 0 Å². The Kier molecular flexibility index (Phi) is 3.64. The smallest absolute Gasteiger partial charge is 0.411 e. The lowest BCUT2D eigenvalue weighted by molar-refractivity contribution is 0.105. The molecule has 0 saturated heterocycles. The number of ether oxygens (including phenoxy) is 1. The molecule has 17 heavy (non-hydrogen) atoms. The Hall–Kier alpha value is -1.55. The van der Waals surface area contributed by atoms with Gasteiger partial charge in [0.1, 0.15) is 6.10 Å². The van der Waals surface area contributed by atoms with Crippen LogP contribution >= 0.6 is 0 Å². The molecule has 2 rings (SSSR count). The maximum absolute atomic E-state index is 11.6. The fourth-order valence-electron chi connectivity index (χ4n) is 2.02. The Labute approximate surface area is 101 Å². The predicted octanol–water partition coefficient (Wildman–Crippen LogP) is 2.42. The molecule has 1 amide bonds. The first-order valence-electron chi connectivity index (χ1n) is 5.95. The van der Waals surface area contributed by atoms with Crippen LogP contribution < -0.4 is 11.1 Å². The van der Waals surface area contributed by atoms with Crippen molar-refractivity contribution in [3.63, 3.8) is 0 Å². The van der Waals surface area contributed by atoms with E-state index in [1.54, 1.807) is 0 Å². The first kappa shape index (κ1) is 11.9. The molecular weight excluding hydrogens is 216 g/mol. The molecule has 0 bridgehead atoms. The van der Waals surface area contributed by atoms with Gasteiger partial charge >= 0.3 is 6.09 Å². The van der Waals surface area contributed by atoms with E-state index in [-0.39, 0.29) is 12.1 Å². The van der Waals surface area contributed by atoms with Gasteiger partial charge in [0.2, 0.25) is 0 Å². The summed E-state index contributed by atoms with van der Waals surface area (Å²) < 4.78 is 5.28. The molecule has 92 valence electrons. The van der Waals surface area contributed by atoms with Crippen molar-refractivity contribution in [1.82, 2.24) is 0 Å². The molecule has 4 nitrogen and oxygen atoms in total. The standard InChI is InChI=1S/C13H18N2O2/c1-9-5-7-10(8-6-9)15-13(16)17-12-4-2-3-11(12)14/h5-8,11-12H,2-4,14H2,1H3,(H,15,16). The second-order valence-electron chi connectivity index (χ2n) is 4.53. The maximum atomic E-state index is 11.6. The quantitative estimate of drug-likeness (QED) is 0.826. The van der Waals surface area contributed by atoms with E-state index in [0.717, 1.165) is 30.5 Å². The third-order valence-electron chi connectivity index (χ3n) is 3.06. The fraction of sp³-hybridized carbons (Fsp3) is 0.462. The molecule has 0 heterocycles. The summed E-state index contributed by atoms with van der Waals surface area (Å²) in [5, 5.41) is 2.70. The molecule has 1 aliphatic rings. The number of nitrogens with two attached hydrogens (primary N) is 1. The Morgan fingerprint density at radius 1 is 1.35 bits per heavy atom. The molecule has 1 aliphatic carbocycles. The fourth-order valence-corrected chi connectivity index (χ4v) is 2.02. The van der Waals surface area contributed by atoms with Gasteiger partial charge in [-0.2, -0.15) is 0 Å². The van der Waals surface area contributed by atoms with E-state index in [1.807, 2.05) is 31.2 Å². The van der Waals surface area contributed by atoms with Crippen LogP contribution in [0.4, 0.5) is 10.5 Å². The summed E-state index contributed by atoms with van der Waals surface area (Å²) in [6.07, 6.45) is 2.27. The minimum absolute atomic E-state index is 0.0150. The summed E-state index contributed by atoms with van der Waals surface area (Å²) in [6, 6.07) is 7.57. The van der Waals surface area contributed by atoms with Crippen molar-refractivity contribution < 1.29 is 9.53 Å². The van der Waals surface area contributed by atoms with E-state index in [0.29, 0.717) is 0 Å². The van der Waals surface area contributed by atoms with Gasteiger partial charge in [0.05, 0.1) is 0 Å². The van der Waals surface area contributed by atoms with Crippen LogP contribution in [-0.4, -0.2) is 18.2 Å². The van der Waals surface area contributed by atoms with Gasteiger partial charge in [0, 0.05) is 11.7 Å². The zero-order valence-electron chi connectivity index (χ0n) is 9.98. The number of hydrogen-bond donors (Lipinski definition) is 2. The van der Waals surface area contributed by atoms with E-state index in [2.05, 4.69) is 5.32 Å². The zero-order chi connectivity index (χ0) is 12.3. The van der Waals surface area contributed by atoms with E-state index in [9.17, 15) is 4.79 Å². The number of benzene rings is 1. The predicted molar refractivity (Wildman–Crippen MR) is 66.9 cm³/mol. The summed E-state index contributed by atoms with van der Waals surface area (Å²) in [6.45, 7) is 2.00. The molecule has 0 radical (unpaired) electrons. The first-order chi connectivity index (χ1) is 8.15. The van der Waals surface area contributed by atoms with Gasteiger partial charge in [0.15, 0.2) is 0 Å². The van der Waals surface area contributed by atoms with Gasteiger partial charge in [-0.1, -0.05) is 17.7 Å². The van der Waals surface area contributed by atoms with Crippen molar-refractivity contribution in [3.8, 4) is 0 Å². The topological polar surface area (TPSA) is 64.3 Å². The molecule has 2 unspecified atom stereocenters. The second-order valence-corrected chi connectivity index (χ2v) is 4.53. The van der Waals surface area contributed by atoms with Crippen molar-refractivity contribution in [2.45, 2.75) is 38.3 Å². The van der Waals surface area contributed by atoms with Crippen LogP contribution in [0.3, 0.4) is 0 Å². The lowest BCUT2D eigenvalue weighted by Gasteiger charge is -2.16. The van der Waals surface area contributed by atoms with Gasteiger partial charge in [-0.15, -0.1) is 0 Å². The zero-order valence-corrected chi connectivity index (χ0v) is 9.98. The SMILES string of the molecule is Cc1ccc(NC(=O)OC2CCCC2N)cc1. The summed E-state index contributed by atoms with van der Waals surface area (Å²) in [7, 11) is 0. The Balaban J connectivity index is 1.86. The monoisotopic (exact) mass is 234 g/mol. The van der Waals surface area contributed by atoms with Gasteiger partial charge < -0.3 is 10.5 Å². The lowest BCUT2D eigenvalue weighted by atomic mass is 10.2. The lowest BCUT2D eigenvalue weighted by Crippen LogP contribution is -2.34. The van der Waals surface area contributed by atoms with Crippen LogP contribution in [0.2, 0.25) is 0 Å². The largest absolute Gasteiger partial charge is 0.444 e. The molecule has 1 aromatic rings. The molecular formula is C13H18N2O2. The van der Waals surface area contributed by atoms with Crippen molar-refractivity contribution in [2.75, 3.05) is 5.32 Å². The number of amides is 1. The number of hydrogen-bond acceptors (Lipinski definition) is 3. The summed E-state index contributed by atoms with van der Waals surface area (Å²) in [4.78, 5) is 11.6. The Morgan fingerprint density at radius 2 is 2.06 bits per heavy atom. The third kappa shape index (κ3) is 3.20. The van der Waals surface area contributed by atoms with Crippen LogP contribution in [0, 0.1) is 6.92 Å².